The zero-order chi connectivity index (χ0) is 17.1. The average Bonchev–Trinajstić information content (AvgIpc) is 2.84. The molecule has 1 N–H and O–H groups in total. The molecule has 124 valence electrons. The molecular weight excluding hydrogens is 334 g/mol. The van der Waals surface area contributed by atoms with Crippen LogP contribution in [0.2, 0.25) is 0 Å². The summed E-state index contributed by atoms with van der Waals surface area (Å²) in [5, 5.41) is 11.2. The number of carboxylic acid groups (broad SMARTS) is 1. The topological polar surface area (TPSA) is 75.4 Å². The van der Waals surface area contributed by atoms with E-state index in [1.807, 2.05) is 6.92 Å². The van der Waals surface area contributed by atoms with E-state index in [4.69, 9.17) is 21.5 Å². The number of amides is 1. The number of anilines is 1. The highest BCUT2D eigenvalue weighted by molar-refractivity contribution is 6.31. The van der Waals surface area contributed by atoms with Gasteiger partial charge >= 0.3 is 12.1 Å². The number of hydrogen-bond donors (Lipinski definition) is 1. The van der Waals surface area contributed by atoms with E-state index in [2.05, 4.69) is 5.10 Å². The summed E-state index contributed by atoms with van der Waals surface area (Å²) < 4.78 is 46.2. The smallest absolute Gasteiger partial charge is 0.475 e. The summed E-state index contributed by atoms with van der Waals surface area (Å²) in [7, 11) is 0. The molecule has 11 heteroatoms. The number of alkyl halides is 5. The van der Waals surface area contributed by atoms with Crippen molar-refractivity contribution in [1.82, 2.24) is 9.78 Å². The van der Waals surface area contributed by atoms with Gasteiger partial charge in [0.25, 0.3) is 11.5 Å². The number of halogens is 5. The van der Waals surface area contributed by atoms with Gasteiger partial charge in [0.15, 0.2) is 0 Å². The van der Waals surface area contributed by atoms with Crippen molar-refractivity contribution in [2.75, 3.05) is 11.4 Å². The number of hydrogen-bond acceptors (Lipinski definition) is 3. The monoisotopic (exact) mass is 345 g/mol. The Kier molecular flexibility index (Phi) is 5.75. The summed E-state index contributed by atoms with van der Waals surface area (Å²) in [5.41, 5.74) is -1.99. The van der Waals surface area contributed by atoms with Gasteiger partial charge in [-0.2, -0.15) is 18.3 Å². The Morgan fingerprint density at radius 3 is 2.45 bits per heavy atom. The third-order valence-corrected chi connectivity index (χ3v) is 2.83. The molecular formula is C11H12ClF4N3O3. The molecule has 0 fully saturated rings. The maximum absolute atomic E-state index is 12.8. The van der Waals surface area contributed by atoms with Crippen LogP contribution in [-0.4, -0.2) is 45.1 Å². The van der Waals surface area contributed by atoms with Crippen LogP contribution in [0, 0.1) is 5.92 Å². The fourth-order valence-electron chi connectivity index (χ4n) is 1.77. The lowest BCUT2D eigenvalue weighted by Crippen LogP contribution is -2.44. The maximum atomic E-state index is 12.8. The predicted octanol–water partition coefficient (Wildman–Crippen LogP) is 2.03. The first kappa shape index (κ1) is 18.2. The van der Waals surface area contributed by atoms with E-state index in [1.165, 1.54) is 4.90 Å². The van der Waals surface area contributed by atoms with E-state index in [9.17, 15) is 22.4 Å². The quantitative estimate of drug-likeness (QED) is 0.624. The number of carboxylic acids is 1. The van der Waals surface area contributed by atoms with Gasteiger partial charge in [-0.3, -0.25) is 9.69 Å². The molecule has 0 saturated carbocycles. The molecule has 0 spiro atoms. The van der Waals surface area contributed by atoms with Gasteiger partial charge in [0, 0.05) is 19.2 Å². The van der Waals surface area contributed by atoms with Crippen LogP contribution in [0.4, 0.5) is 23.4 Å². The van der Waals surface area contributed by atoms with Crippen molar-refractivity contribution in [3.63, 3.8) is 0 Å². The molecule has 0 saturated heterocycles. The van der Waals surface area contributed by atoms with Crippen LogP contribution in [0.1, 0.15) is 6.92 Å². The van der Waals surface area contributed by atoms with Crippen molar-refractivity contribution >= 4 is 29.3 Å². The third kappa shape index (κ3) is 4.58. The normalized spacial score (nSPS) is 18.8. The molecule has 2 heterocycles. The Labute approximate surface area is 127 Å². The highest BCUT2D eigenvalue weighted by Crippen LogP contribution is 2.24. The van der Waals surface area contributed by atoms with Crippen LogP contribution in [-0.2, 0) is 16.1 Å². The largest absolute Gasteiger partial charge is 0.490 e. The SMILES string of the molecule is CC1CN(C(=O)C(F)Cl)c2ccnn2C1.O=C(O)C(F)(F)F. The highest BCUT2D eigenvalue weighted by Gasteiger charge is 2.38. The molecule has 0 radical (unpaired) electrons. The summed E-state index contributed by atoms with van der Waals surface area (Å²) in [5.74, 6) is -2.62. The van der Waals surface area contributed by atoms with Crippen molar-refractivity contribution in [2.45, 2.75) is 25.3 Å². The molecule has 1 aliphatic heterocycles. The Morgan fingerprint density at radius 2 is 2.00 bits per heavy atom. The summed E-state index contributed by atoms with van der Waals surface area (Å²) in [6, 6.07) is 1.68. The average molecular weight is 346 g/mol. The fraction of sp³-hybridized carbons (Fsp3) is 0.545. The highest BCUT2D eigenvalue weighted by atomic mass is 35.5. The summed E-state index contributed by atoms with van der Waals surface area (Å²) in [6.45, 7) is 3.20. The molecule has 22 heavy (non-hydrogen) atoms. The minimum Gasteiger partial charge on any atom is -0.475 e. The predicted molar refractivity (Wildman–Crippen MR) is 68.2 cm³/mol. The molecule has 0 bridgehead atoms. The third-order valence-electron chi connectivity index (χ3n) is 2.64. The van der Waals surface area contributed by atoms with Gasteiger partial charge in [0.05, 0.1) is 6.20 Å². The number of carbonyl (C=O) groups is 2. The van der Waals surface area contributed by atoms with Crippen LogP contribution in [0.5, 0.6) is 0 Å². The van der Waals surface area contributed by atoms with Crippen molar-refractivity contribution in [3.8, 4) is 0 Å². The number of nitrogens with zero attached hydrogens (tertiary/aromatic N) is 3. The van der Waals surface area contributed by atoms with Gasteiger partial charge in [0.1, 0.15) is 5.82 Å². The summed E-state index contributed by atoms with van der Waals surface area (Å²) >= 11 is 5.16. The van der Waals surface area contributed by atoms with E-state index in [0.717, 1.165) is 6.54 Å². The number of aliphatic carboxylic acids is 1. The second kappa shape index (κ2) is 6.95. The van der Waals surface area contributed by atoms with Crippen molar-refractivity contribution in [1.29, 1.82) is 0 Å². The molecule has 1 amide bonds. The van der Waals surface area contributed by atoms with Gasteiger partial charge in [-0.25, -0.2) is 13.9 Å². The second-order valence-electron chi connectivity index (χ2n) is 4.53. The zero-order valence-corrected chi connectivity index (χ0v) is 12.0. The molecule has 0 aliphatic carbocycles. The second-order valence-corrected chi connectivity index (χ2v) is 4.91. The first-order valence-electron chi connectivity index (χ1n) is 5.95. The fourth-order valence-corrected chi connectivity index (χ4v) is 1.89. The molecule has 1 aromatic heterocycles. The lowest BCUT2D eigenvalue weighted by atomic mass is 10.1. The van der Waals surface area contributed by atoms with E-state index in [-0.39, 0.29) is 5.92 Å². The lowest BCUT2D eigenvalue weighted by Gasteiger charge is -2.31. The van der Waals surface area contributed by atoms with E-state index >= 15 is 0 Å². The standard InChI is InChI=1S/C9H11ClFN3O.C2HF3O2/c1-6-4-13(9(15)8(10)11)7-2-3-12-14(7)5-6;3-2(4,5)1(6)7/h2-3,6,8H,4-5H2,1H3;(H,6,7). The van der Waals surface area contributed by atoms with Crippen LogP contribution < -0.4 is 4.90 Å². The minimum absolute atomic E-state index is 0.247. The summed E-state index contributed by atoms with van der Waals surface area (Å²) in [6.07, 6.45) is -3.49. The molecule has 2 rings (SSSR count). The first-order valence-corrected chi connectivity index (χ1v) is 6.39. The zero-order valence-electron chi connectivity index (χ0n) is 11.2. The van der Waals surface area contributed by atoms with Crippen molar-refractivity contribution in [3.05, 3.63) is 12.3 Å². The molecule has 1 aromatic rings. The van der Waals surface area contributed by atoms with Crippen molar-refractivity contribution < 1.29 is 32.3 Å². The number of carbonyl (C=O) groups excluding carboxylic acids is 1. The number of aromatic nitrogens is 2. The Morgan fingerprint density at radius 1 is 1.45 bits per heavy atom. The van der Waals surface area contributed by atoms with Gasteiger partial charge in [-0.05, 0) is 5.92 Å². The van der Waals surface area contributed by atoms with Crippen LogP contribution in [0.25, 0.3) is 0 Å². The Balaban J connectivity index is 0.000000295. The van der Waals surface area contributed by atoms with Crippen LogP contribution in [0.15, 0.2) is 12.3 Å². The van der Waals surface area contributed by atoms with Gasteiger partial charge in [0.2, 0.25) is 0 Å². The molecule has 0 aromatic carbocycles. The van der Waals surface area contributed by atoms with Gasteiger partial charge < -0.3 is 5.11 Å². The Bertz CT molecular complexity index is 547. The Hall–Kier alpha value is -1.84. The van der Waals surface area contributed by atoms with Crippen LogP contribution >= 0.6 is 11.6 Å². The molecule has 6 nitrogen and oxygen atoms in total. The molecule has 2 unspecified atom stereocenters. The molecule has 2 atom stereocenters. The summed E-state index contributed by atoms with van der Waals surface area (Å²) in [4.78, 5) is 21.7. The van der Waals surface area contributed by atoms with Gasteiger partial charge in [-0.15, -0.1) is 0 Å². The number of rotatable bonds is 1. The minimum atomic E-state index is -5.08. The van der Waals surface area contributed by atoms with Gasteiger partial charge in [-0.1, -0.05) is 18.5 Å². The van der Waals surface area contributed by atoms with E-state index in [0.29, 0.717) is 12.4 Å². The van der Waals surface area contributed by atoms with Crippen molar-refractivity contribution in [2.24, 2.45) is 5.92 Å². The maximum Gasteiger partial charge on any atom is 0.490 e. The number of fused-ring (bicyclic) bond motifs is 1. The first-order chi connectivity index (χ1) is 10.0. The van der Waals surface area contributed by atoms with Crippen LogP contribution in [0.3, 0.4) is 0 Å². The van der Waals surface area contributed by atoms with E-state index in [1.54, 1.807) is 16.9 Å². The lowest BCUT2D eigenvalue weighted by molar-refractivity contribution is -0.192. The van der Waals surface area contributed by atoms with E-state index < -0.39 is 23.7 Å². The molecule has 1 aliphatic rings.